The Morgan fingerprint density at radius 1 is 1.03 bits per heavy atom. The second-order valence-corrected chi connectivity index (χ2v) is 7.31. The molecule has 1 aliphatic heterocycles. The summed E-state index contributed by atoms with van der Waals surface area (Å²) in [5.41, 5.74) is 0.503. The minimum atomic E-state index is -0.765. The van der Waals surface area contributed by atoms with E-state index in [1.54, 1.807) is 41.3 Å². The molecule has 0 aliphatic carbocycles. The summed E-state index contributed by atoms with van der Waals surface area (Å²) < 4.78 is 19.3. The number of carbonyl (C=O) groups excluding carboxylic acids is 3. The Kier molecular flexibility index (Phi) is 7.59. The smallest absolute Gasteiger partial charge is 0.313 e. The molecule has 31 heavy (non-hydrogen) atoms. The maximum absolute atomic E-state index is 13.8. The Morgan fingerprint density at radius 2 is 1.71 bits per heavy atom. The third-order valence-corrected chi connectivity index (χ3v) is 5.20. The van der Waals surface area contributed by atoms with Crippen molar-refractivity contribution >= 4 is 23.4 Å². The molecule has 0 unspecified atom stereocenters. The highest BCUT2D eigenvalue weighted by Crippen LogP contribution is 2.23. The van der Waals surface area contributed by atoms with Crippen molar-refractivity contribution < 1.29 is 23.5 Å². The lowest BCUT2D eigenvalue weighted by Gasteiger charge is -2.32. The van der Waals surface area contributed by atoms with Crippen LogP contribution in [0.2, 0.25) is 0 Å². The van der Waals surface area contributed by atoms with Crippen molar-refractivity contribution in [2.24, 2.45) is 5.92 Å². The first kappa shape index (κ1) is 22.3. The molecule has 2 aromatic carbocycles. The van der Waals surface area contributed by atoms with Gasteiger partial charge < -0.3 is 20.3 Å². The zero-order valence-corrected chi connectivity index (χ0v) is 17.4. The molecule has 3 amide bonds. The van der Waals surface area contributed by atoms with Crippen LogP contribution in [-0.2, 0) is 9.59 Å². The monoisotopic (exact) mass is 427 g/mol. The molecule has 1 saturated heterocycles. The lowest BCUT2D eigenvalue weighted by Crippen LogP contribution is -2.43. The molecule has 0 atom stereocenters. The number of anilines is 1. The number of ether oxygens (including phenoxy) is 1. The van der Waals surface area contributed by atoms with E-state index in [1.807, 2.05) is 6.92 Å². The molecule has 7 nitrogen and oxygen atoms in total. The highest BCUT2D eigenvalue weighted by atomic mass is 19.1. The normalized spacial score (nSPS) is 14.1. The number of halogens is 1. The first-order chi connectivity index (χ1) is 15.0. The fourth-order valence-electron chi connectivity index (χ4n) is 3.49. The molecule has 0 radical (unpaired) electrons. The Balaban J connectivity index is 1.45. The fraction of sp³-hybridized carbons (Fsp3) is 0.348. The van der Waals surface area contributed by atoms with Gasteiger partial charge in [-0.15, -0.1) is 0 Å². The number of amides is 3. The van der Waals surface area contributed by atoms with Crippen molar-refractivity contribution in [2.75, 3.05) is 31.6 Å². The lowest BCUT2D eigenvalue weighted by atomic mass is 9.96. The fourth-order valence-corrected chi connectivity index (χ4v) is 3.49. The number of benzene rings is 2. The highest BCUT2D eigenvalue weighted by molar-refractivity contribution is 6.39. The first-order valence-electron chi connectivity index (χ1n) is 10.3. The quantitative estimate of drug-likeness (QED) is 0.694. The van der Waals surface area contributed by atoms with Crippen LogP contribution in [-0.4, -0.2) is 48.9 Å². The Hall–Kier alpha value is -3.42. The third-order valence-electron chi connectivity index (χ3n) is 5.20. The van der Waals surface area contributed by atoms with Crippen molar-refractivity contribution in [2.45, 2.75) is 19.8 Å². The molecule has 0 bridgehead atoms. The predicted molar refractivity (Wildman–Crippen MR) is 114 cm³/mol. The zero-order chi connectivity index (χ0) is 22.2. The molecule has 1 fully saturated rings. The van der Waals surface area contributed by atoms with Gasteiger partial charge in [-0.3, -0.25) is 14.4 Å². The average molecular weight is 427 g/mol. The lowest BCUT2D eigenvalue weighted by molar-refractivity contribution is -0.136. The van der Waals surface area contributed by atoms with E-state index in [0.717, 1.165) is 0 Å². The van der Waals surface area contributed by atoms with Crippen LogP contribution in [0.15, 0.2) is 48.5 Å². The summed E-state index contributed by atoms with van der Waals surface area (Å²) in [5, 5.41) is 5.22. The number of hydrogen-bond donors (Lipinski definition) is 2. The second-order valence-electron chi connectivity index (χ2n) is 7.31. The minimum Gasteiger partial charge on any atom is -0.492 e. The van der Waals surface area contributed by atoms with Gasteiger partial charge >= 0.3 is 11.8 Å². The van der Waals surface area contributed by atoms with Crippen molar-refractivity contribution in [3.8, 4) is 5.75 Å². The molecule has 2 N–H and O–H groups in total. The van der Waals surface area contributed by atoms with Crippen LogP contribution in [0.3, 0.4) is 0 Å². The summed E-state index contributed by atoms with van der Waals surface area (Å²) in [6.07, 6.45) is 1.32. The minimum absolute atomic E-state index is 0.0678. The molecule has 164 valence electrons. The molecular weight excluding hydrogens is 401 g/mol. The van der Waals surface area contributed by atoms with Gasteiger partial charge in [0.1, 0.15) is 11.6 Å². The Morgan fingerprint density at radius 3 is 2.42 bits per heavy atom. The number of carbonyl (C=O) groups is 3. The van der Waals surface area contributed by atoms with Crippen LogP contribution < -0.4 is 15.4 Å². The van der Waals surface area contributed by atoms with Crippen molar-refractivity contribution in [3.63, 3.8) is 0 Å². The number of nitrogens with one attached hydrogen (secondary N) is 2. The van der Waals surface area contributed by atoms with Gasteiger partial charge in [-0.05, 0) is 49.9 Å². The van der Waals surface area contributed by atoms with Crippen molar-refractivity contribution in [1.82, 2.24) is 10.2 Å². The van der Waals surface area contributed by atoms with Crippen LogP contribution in [0.4, 0.5) is 10.1 Å². The van der Waals surface area contributed by atoms with Crippen LogP contribution in [0.1, 0.15) is 30.1 Å². The summed E-state index contributed by atoms with van der Waals surface area (Å²) in [6.45, 7) is 3.56. The van der Waals surface area contributed by atoms with Crippen LogP contribution in [0, 0.1) is 11.7 Å². The van der Waals surface area contributed by atoms with Crippen molar-refractivity contribution in [1.29, 1.82) is 0 Å². The number of rotatable bonds is 6. The highest BCUT2D eigenvalue weighted by Gasteiger charge is 2.26. The summed E-state index contributed by atoms with van der Waals surface area (Å²) in [7, 11) is 0. The zero-order valence-electron chi connectivity index (χ0n) is 17.4. The van der Waals surface area contributed by atoms with Gasteiger partial charge in [0.15, 0.2) is 0 Å². The average Bonchev–Trinajstić information content (AvgIpc) is 2.79. The number of hydrogen-bond acceptors (Lipinski definition) is 4. The number of likely N-dealkylation sites (tertiary alicyclic amines) is 1. The van der Waals surface area contributed by atoms with Gasteiger partial charge in [0.05, 0.1) is 17.9 Å². The molecule has 0 saturated carbocycles. The summed E-state index contributed by atoms with van der Waals surface area (Å²) in [5.74, 6) is -1.71. The van der Waals surface area contributed by atoms with Crippen molar-refractivity contribution in [3.05, 3.63) is 59.9 Å². The topological polar surface area (TPSA) is 87.7 Å². The van der Waals surface area contributed by atoms with Gasteiger partial charge in [0, 0.05) is 19.6 Å². The van der Waals surface area contributed by atoms with E-state index in [1.165, 1.54) is 12.1 Å². The van der Waals surface area contributed by atoms with E-state index in [0.29, 0.717) is 50.5 Å². The van der Waals surface area contributed by atoms with Gasteiger partial charge in [-0.2, -0.15) is 0 Å². The second kappa shape index (κ2) is 10.6. The number of nitrogens with zero attached hydrogens (tertiary/aromatic N) is 1. The standard InChI is InChI=1S/C23H26FN3O4/c1-2-31-20-10-6-5-9-19(20)26-22(29)21(28)25-15-16-11-13-27(14-12-16)23(30)17-7-3-4-8-18(17)24/h3-10,16H,2,11-15H2,1H3,(H,25,28)(H,26,29). The van der Waals surface area contributed by atoms with Crippen LogP contribution >= 0.6 is 0 Å². The molecular formula is C23H26FN3O4. The number of piperidine rings is 1. The Labute approximate surface area is 180 Å². The van der Waals surface area contributed by atoms with Gasteiger partial charge in [-0.25, -0.2) is 4.39 Å². The van der Waals surface area contributed by atoms with E-state index in [2.05, 4.69) is 10.6 Å². The van der Waals surface area contributed by atoms with E-state index >= 15 is 0 Å². The molecule has 3 rings (SSSR count). The molecule has 2 aromatic rings. The SMILES string of the molecule is CCOc1ccccc1NC(=O)C(=O)NCC1CCN(C(=O)c2ccccc2F)CC1. The maximum Gasteiger partial charge on any atom is 0.313 e. The maximum atomic E-state index is 13.8. The molecule has 0 aromatic heterocycles. The van der Waals surface area contributed by atoms with Crippen LogP contribution in [0.5, 0.6) is 5.75 Å². The predicted octanol–water partition coefficient (Wildman–Crippen LogP) is 2.83. The van der Waals surface area contributed by atoms with Gasteiger partial charge in [0.2, 0.25) is 0 Å². The van der Waals surface area contributed by atoms with E-state index in [9.17, 15) is 18.8 Å². The van der Waals surface area contributed by atoms with Crippen LogP contribution in [0.25, 0.3) is 0 Å². The first-order valence-corrected chi connectivity index (χ1v) is 10.3. The largest absolute Gasteiger partial charge is 0.492 e. The van der Waals surface area contributed by atoms with E-state index in [4.69, 9.17) is 4.74 Å². The van der Waals surface area contributed by atoms with E-state index < -0.39 is 17.6 Å². The van der Waals surface area contributed by atoms with Gasteiger partial charge in [-0.1, -0.05) is 24.3 Å². The number of para-hydroxylation sites is 2. The van der Waals surface area contributed by atoms with Gasteiger partial charge in [0.25, 0.3) is 5.91 Å². The van der Waals surface area contributed by atoms with E-state index in [-0.39, 0.29) is 17.4 Å². The molecule has 1 heterocycles. The Bertz CT molecular complexity index is 942. The molecule has 1 aliphatic rings. The molecule has 0 spiro atoms. The summed E-state index contributed by atoms with van der Waals surface area (Å²) >= 11 is 0. The third kappa shape index (κ3) is 5.81. The molecule has 8 heteroatoms. The summed E-state index contributed by atoms with van der Waals surface area (Å²) in [6, 6.07) is 12.8. The summed E-state index contributed by atoms with van der Waals surface area (Å²) in [4.78, 5) is 38.5.